The van der Waals surface area contributed by atoms with Crippen molar-refractivity contribution < 1.29 is 0 Å². The van der Waals surface area contributed by atoms with E-state index in [0.717, 1.165) is 0 Å². The van der Waals surface area contributed by atoms with Crippen LogP contribution in [0.2, 0.25) is 0 Å². The molecular formula is C27H50. The number of allylic oxidation sites excluding steroid dienone is 5. The summed E-state index contributed by atoms with van der Waals surface area (Å²) in [5.74, 6) is 0. The molecule has 0 rings (SSSR count). The van der Waals surface area contributed by atoms with Crippen molar-refractivity contribution in [1.29, 1.82) is 0 Å². The first-order valence-corrected chi connectivity index (χ1v) is 12.3. The Morgan fingerprint density at radius 3 is 1.15 bits per heavy atom. The van der Waals surface area contributed by atoms with Crippen molar-refractivity contribution in [2.75, 3.05) is 0 Å². The van der Waals surface area contributed by atoms with E-state index in [4.69, 9.17) is 0 Å². The molecular weight excluding hydrogens is 324 g/mol. The summed E-state index contributed by atoms with van der Waals surface area (Å²) in [4.78, 5) is 0. The zero-order valence-electron chi connectivity index (χ0n) is 18.7. The lowest BCUT2D eigenvalue weighted by molar-refractivity contribution is 0.547. The van der Waals surface area contributed by atoms with Gasteiger partial charge in [-0.3, -0.25) is 0 Å². The SMILES string of the molecule is C=CC=CCCCCCCCCCCCCCC=CCCCCCCCC. The summed E-state index contributed by atoms with van der Waals surface area (Å²) in [5, 5.41) is 0. The summed E-state index contributed by atoms with van der Waals surface area (Å²) >= 11 is 0. The molecule has 0 fully saturated rings. The van der Waals surface area contributed by atoms with E-state index < -0.39 is 0 Å². The van der Waals surface area contributed by atoms with E-state index in [-0.39, 0.29) is 0 Å². The van der Waals surface area contributed by atoms with Crippen LogP contribution in [0.15, 0.2) is 37.0 Å². The van der Waals surface area contributed by atoms with Gasteiger partial charge in [0.15, 0.2) is 0 Å². The molecule has 0 aromatic rings. The second-order valence-electron chi connectivity index (χ2n) is 8.16. The summed E-state index contributed by atoms with van der Waals surface area (Å²) in [6.07, 6.45) is 39.0. The van der Waals surface area contributed by atoms with Gasteiger partial charge in [0.1, 0.15) is 0 Å². The Labute approximate surface area is 172 Å². The van der Waals surface area contributed by atoms with Gasteiger partial charge >= 0.3 is 0 Å². The zero-order valence-corrected chi connectivity index (χ0v) is 18.7. The Bertz CT molecular complexity index is 323. The molecule has 0 saturated carbocycles. The highest BCUT2D eigenvalue weighted by Gasteiger charge is 1.93. The second-order valence-corrected chi connectivity index (χ2v) is 8.16. The highest BCUT2D eigenvalue weighted by Crippen LogP contribution is 2.13. The quantitative estimate of drug-likeness (QED) is 0.100. The van der Waals surface area contributed by atoms with Crippen LogP contribution in [0.25, 0.3) is 0 Å². The van der Waals surface area contributed by atoms with Gasteiger partial charge in [-0.2, -0.15) is 0 Å². The van der Waals surface area contributed by atoms with E-state index in [9.17, 15) is 0 Å². The molecule has 0 spiro atoms. The van der Waals surface area contributed by atoms with E-state index in [1.54, 1.807) is 0 Å². The molecule has 0 aliphatic heterocycles. The lowest BCUT2D eigenvalue weighted by Crippen LogP contribution is -1.82. The predicted molar refractivity (Wildman–Crippen MR) is 126 cm³/mol. The third-order valence-electron chi connectivity index (χ3n) is 5.40. The van der Waals surface area contributed by atoms with Crippen LogP contribution in [0, 0.1) is 0 Å². The van der Waals surface area contributed by atoms with E-state index in [0.29, 0.717) is 0 Å². The highest BCUT2D eigenvalue weighted by atomic mass is 14.0. The summed E-state index contributed by atoms with van der Waals surface area (Å²) < 4.78 is 0. The fraction of sp³-hybridized carbons (Fsp3) is 0.778. The minimum atomic E-state index is 1.22. The molecule has 0 aromatic heterocycles. The topological polar surface area (TPSA) is 0 Å². The van der Waals surface area contributed by atoms with Gasteiger partial charge in [-0.15, -0.1) is 0 Å². The maximum Gasteiger partial charge on any atom is -0.0348 e. The Morgan fingerprint density at radius 2 is 0.778 bits per heavy atom. The minimum absolute atomic E-state index is 1.22. The molecule has 0 heterocycles. The van der Waals surface area contributed by atoms with Crippen LogP contribution in [0.4, 0.5) is 0 Å². The molecule has 0 heteroatoms. The van der Waals surface area contributed by atoms with Gasteiger partial charge in [-0.25, -0.2) is 0 Å². The first-order valence-electron chi connectivity index (χ1n) is 12.3. The number of rotatable bonds is 22. The van der Waals surface area contributed by atoms with Crippen molar-refractivity contribution in [3.63, 3.8) is 0 Å². The molecule has 27 heavy (non-hydrogen) atoms. The van der Waals surface area contributed by atoms with Crippen LogP contribution in [0.5, 0.6) is 0 Å². The van der Waals surface area contributed by atoms with E-state index in [1.807, 2.05) is 6.08 Å². The smallest absolute Gasteiger partial charge is 0.0348 e. The lowest BCUT2D eigenvalue weighted by Gasteiger charge is -2.02. The number of hydrogen-bond acceptors (Lipinski definition) is 0. The highest BCUT2D eigenvalue weighted by molar-refractivity contribution is 4.96. The average Bonchev–Trinajstić information content (AvgIpc) is 2.68. The van der Waals surface area contributed by atoms with Crippen molar-refractivity contribution in [2.24, 2.45) is 0 Å². The maximum atomic E-state index is 3.70. The standard InChI is InChI=1S/C27H50/c1-3-5-7-9-11-13-15-17-19-21-23-25-27-26-24-22-20-18-16-14-12-10-8-6-4-2/h3,5,7,18,20H,1,4,6,8-17,19,21-27H2,2H3. The molecule has 0 aromatic carbocycles. The maximum absolute atomic E-state index is 3.70. The van der Waals surface area contributed by atoms with Crippen LogP contribution in [-0.2, 0) is 0 Å². The Balaban J connectivity index is 3.07. The van der Waals surface area contributed by atoms with Crippen molar-refractivity contribution >= 4 is 0 Å². The normalized spacial score (nSPS) is 11.7. The molecule has 0 unspecified atom stereocenters. The molecule has 0 radical (unpaired) electrons. The summed E-state index contributed by atoms with van der Waals surface area (Å²) in [7, 11) is 0. The molecule has 0 aliphatic carbocycles. The molecule has 0 atom stereocenters. The molecule has 0 amide bonds. The second kappa shape index (κ2) is 25.2. The number of hydrogen-bond donors (Lipinski definition) is 0. The zero-order chi connectivity index (χ0) is 19.7. The van der Waals surface area contributed by atoms with Crippen LogP contribution in [-0.4, -0.2) is 0 Å². The first-order chi connectivity index (χ1) is 13.4. The minimum Gasteiger partial charge on any atom is -0.0991 e. The van der Waals surface area contributed by atoms with Gasteiger partial charge in [0.2, 0.25) is 0 Å². The fourth-order valence-corrected chi connectivity index (χ4v) is 3.59. The summed E-state index contributed by atoms with van der Waals surface area (Å²) in [6, 6.07) is 0. The largest absolute Gasteiger partial charge is 0.0991 e. The predicted octanol–water partition coefficient (Wildman–Crippen LogP) is 10.1. The lowest BCUT2D eigenvalue weighted by atomic mass is 10.0. The van der Waals surface area contributed by atoms with Gasteiger partial charge in [0.25, 0.3) is 0 Å². The van der Waals surface area contributed by atoms with Gasteiger partial charge in [-0.05, 0) is 38.5 Å². The monoisotopic (exact) mass is 374 g/mol. The van der Waals surface area contributed by atoms with Gasteiger partial charge < -0.3 is 0 Å². The van der Waals surface area contributed by atoms with E-state index in [1.165, 1.54) is 128 Å². The van der Waals surface area contributed by atoms with Crippen LogP contribution in [0.3, 0.4) is 0 Å². The van der Waals surface area contributed by atoms with E-state index >= 15 is 0 Å². The summed E-state index contributed by atoms with van der Waals surface area (Å²) in [6.45, 7) is 5.99. The molecule has 158 valence electrons. The van der Waals surface area contributed by atoms with Crippen molar-refractivity contribution in [3.8, 4) is 0 Å². The first kappa shape index (κ1) is 26.2. The van der Waals surface area contributed by atoms with Crippen LogP contribution in [0.1, 0.15) is 135 Å². The van der Waals surface area contributed by atoms with Crippen molar-refractivity contribution in [2.45, 2.75) is 135 Å². The van der Waals surface area contributed by atoms with Crippen molar-refractivity contribution in [1.82, 2.24) is 0 Å². The third-order valence-corrected chi connectivity index (χ3v) is 5.40. The molecule has 0 aliphatic rings. The van der Waals surface area contributed by atoms with Crippen LogP contribution < -0.4 is 0 Å². The molecule has 0 N–H and O–H groups in total. The third kappa shape index (κ3) is 25.2. The Kier molecular flexibility index (Phi) is 24.5. The Morgan fingerprint density at radius 1 is 0.444 bits per heavy atom. The molecule has 0 nitrogen and oxygen atoms in total. The average molecular weight is 375 g/mol. The molecule has 0 bridgehead atoms. The Hall–Kier alpha value is -0.780. The molecule has 0 saturated heterocycles. The van der Waals surface area contributed by atoms with Crippen LogP contribution >= 0.6 is 0 Å². The van der Waals surface area contributed by atoms with Gasteiger partial charge in [0, 0.05) is 0 Å². The van der Waals surface area contributed by atoms with E-state index in [2.05, 4.69) is 37.8 Å². The number of unbranched alkanes of at least 4 members (excludes halogenated alkanes) is 18. The van der Waals surface area contributed by atoms with Gasteiger partial charge in [0.05, 0.1) is 0 Å². The fourth-order valence-electron chi connectivity index (χ4n) is 3.59. The van der Waals surface area contributed by atoms with Gasteiger partial charge in [-0.1, -0.05) is 134 Å². The van der Waals surface area contributed by atoms with Crippen molar-refractivity contribution in [3.05, 3.63) is 37.0 Å². The summed E-state index contributed by atoms with van der Waals surface area (Å²) in [5.41, 5.74) is 0.